The predicted octanol–water partition coefficient (Wildman–Crippen LogP) is 3.98. The van der Waals surface area contributed by atoms with Gasteiger partial charge in [0, 0.05) is 11.4 Å². The first-order chi connectivity index (χ1) is 17.0. The number of anilines is 1. The largest absolute Gasteiger partial charge is 0.389 e. The molecule has 13 heteroatoms. The highest BCUT2D eigenvalue weighted by Crippen LogP contribution is 2.41. The molecule has 1 aromatic carbocycles. The van der Waals surface area contributed by atoms with Crippen LogP contribution in [0.4, 0.5) is 19.0 Å². The number of alkyl halides is 3. The molecule has 0 radical (unpaired) electrons. The summed E-state index contributed by atoms with van der Waals surface area (Å²) in [6.07, 6.45) is -2.74. The summed E-state index contributed by atoms with van der Waals surface area (Å²) in [5, 5.41) is 7.26. The van der Waals surface area contributed by atoms with Gasteiger partial charge >= 0.3 is 6.18 Å². The quantitative estimate of drug-likeness (QED) is 0.413. The minimum absolute atomic E-state index is 0.00452. The molecule has 186 valence electrons. The molecule has 1 atom stereocenters. The summed E-state index contributed by atoms with van der Waals surface area (Å²) in [6.45, 7) is 3.43. The normalized spacial score (nSPS) is 17.4. The van der Waals surface area contributed by atoms with E-state index in [4.69, 9.17) is 11.6 Å². The van der Waals surface area contributed by atoms with Crippen LogP contribution < -0.4 is 10.9 Å². The highest BCUT2D eigenvalue weighted by Gasteiger charge is 2.47. The lowest BCUT2D eigenvalue weighted by atomic mass is 9.77. The third-order valence-electron chi connectivity index (χ3n) is 6.29. The van der Waals surface area contributed by atoms with Crippen molar-refractivity contribution in [2.75, 3.05) is 5.32 Å². The smallest absolute Gasteiger partial charge is 0.309 e. The van der Waals surface area contributed by atoms with Crippen LogP contribution in [-0.4, -0.2) is 41.6 Å². The second-order valence-corrected chi connectivity index (χ2v) is 9.16. The molecule has 9 nitrogen and oxygen atoms in total. The van der Waals surface area contributed by atoms with Gasteiger partial charge in [0.05, 0.1) is 17.5 Å². The van der Waals surface area contributed by atoms with Gasteiger partial charge in [-0.05, 0) is 43.9 Å². The third kappa shape index (κ3) is 4.00. The predicted molar refractivity (Wildman–Crippen MR) is 125 cm³/mol. The number of aryl methyl sites for hydroxylation is 2. The van der Waals surface area contributed by atoms with E-state index in [0.29, 0.717) is 16.2 Å². The standard InChI is InChI=1S/C23H19ClF3N7O2/c1-11-8-12(5-6-13(11)24)22(2)16-18(33-21(22)36)31-17(32-20(16)35)15-9-34-19(28-10-29-34)14(30-15)4-3-7-23(25,26)27/h5-6,8-10H,3-4,7H2,1-2H3,(H2,31,32,33,35,36). The van der Waals surface area contributed by atoms with Gasteiger partial charge in [0.25, 0.3) is 5.56 Å². The number of aromatic amines is 1. The van der Waals surface area contributed by atoms with Crippen molar-refractivity contribution in [3.8, 4) is 11.5 Å². The zero-order chi connectivity index (χ0) is 25.8. The van der Waals surface area contributed by atoms with Crippen molar-refractivity contribution in [2.24, 2.45) is 0 Å². The Morgan fingerprint density at radius 1 is 1.19 bits per heavy atom. The number of benzene rings is 1. The van der Waals surface area contributed by atoms with Crippen LogP contribution in [-0.2, 0) is 16.6 Å². The van der Waals surface area contributed by atoms with Gasteiger partial charge in [0.2, 0.25) is 5.91 Å². The van der Waals surface area contributed by atoms with Crippen molar-refractivity contribution in [3.05, 3.63) is 68.5 Å². The fourth-order valence-electron chi connectivity index (χ4n) is 4.36. The Kier molecular flexibility index (Phi) is 5.58. The number of halogens is 4. The number of rotatable bonds is 5. The number of aromatic nitrogens is 6. The van der Waals surface area contributed by atoms with E-state index < -0.39 is 29.5 Å². The number of hydrogen-bond acceptors (Lipinski definition) is 6. The van der Waals surface area contributed by atoms with Crippen LogP contribution in [0.3, 0.4) is 0 Å². The molecule has 0 bridgehead atoms. The highest BCUT2D eigenvalue weighted by molar-refractivity contribution is 6.31. The molecule has 4 aromatic rings. The van der Waals surface area contributed by atoms with E-state index in [1.165, 1.54) is 17.0 Å². The number of amides is 1. The molecule has 1 aliphatic heterocycles. The maximum atomic E-state index is 13.3. The lowest BCUT2D eigenvalue weighted by Crippen LogP contribution is -2.36. The van der Waals surface area contributed by atoms with Crippen molar-refractivity contribution in [1.29, 1.82) is 0 Å². The Balaban J connectivity index is 1.57. The summed E-state index contributed by atoms with van der Waals surface area (Å²) in [5.74, 6) is -0.320. The third-order valence-corrected chi connectivity index (χ3v) is 6.71. The average Bonchev–Trinajstić information content (AvgIpc) is 3.37. The monoisotopic (exact) mass is 517 g/mol. The first-order valence-electron chi connectivity index (χ1n) is 11.0. The van der Waals surface area contributed by atoms with Crippen LogP contribution in [0, 0.1) is 6.92 Å². The first-order valence-corrected chi connectivity index (χ1v) is 11.3. The van der Waals surface area contributed by atoms with Crippen LogP contribution in [0.1, 0.15) is 42.1 Å². The molecular formula is C23H19ClF3N7O2. The van der Waals surface area contributed by atoms with E-state index in [-0.39, 0.29) is 41.4 Å². The van der Waals surface area contributed by atoms with E-state index in [9.17, 15) is 22.8 Å². The van der Waals surface area contributed by atoms with E-state index in [0.717, 1.165) is 5.56 Å². The average molecular weight is 518 g/mol. The van der Waals surface area contributed by atoms with Crippen LogP contribution in [0.2, 0.25) is 5.02 Å². The van der Waals surface area contributed by atoms with Crippen LogP contribution >= 0.6 is 11.6 Å². The molecule has 0 saturated heterocycles. The van der Waals surface area contributed by atoms with Gasteiger partial charge in [-0.25, -0.2) is 19.5 Å². The molecule has 36 heavy (non-hydrogen) atoms. The second kappa shape index (κ2) is 8.40. The topological polar surface area (TPSA) is 118 Å². The molecule has 4 heterocycles. The molecule has 3 aromatic heterocycles. The molecule has 1 unspecified atom stereocenters. The number of nitrogens with one attached hydrogen (secondary N) is 2. The molecule has 1 aliphatic rings. The summed E-state index contributed by atoms with van der Waals surface area (Å²) in [5.41, 5.74) is 0.366. The zero-order valence-corrected chi connectivity index (χ0v) is 19.8. The molecule has 5 rings (SSSR count). The number of carbonyl (C=O) groups is 1. The minimum atomic E-state index is -4.29. The Hall–Kier alpha value is -3.80. The lowest BCUT2D eigenvalue weighted by Gasteiger charge is -2.22. The van der Waals surface area contributed by atoms with Gasteiger partial charge in [-0.3, -0.25) is 9.59 Å². The SMILES string of the molecule is Cc1cc(C2(C)C(=O)Nc3nc(-c4cn5ncnc5c(CCCC(F)(F)F)n4)[nH]c(=O)c32)ccc1Cl. The summed E-state index contributed by atoms with van der Waals surface area (Å²) >= 11 is 6.13. The Bertz CT molecular complexity index is 1580. The van der Waals surface area contributed by atoms with Gasteiger partial charge in [0.15, 0.2) is 11.5 Å². The number of fused-ring (bicyclic) bond motifs is 2. The Morgan fingerprint density at radius 3 is 2.69 bits per heavy atom. The van der Waals surface area contributed by atoms with Crippen molar-refractivity contribution in [1.82, 2.24) is 29.5 Å². The molecule has 0 aliphatic carbocycles. The van der Waals surface area contributed by atoms with Crippen molar-refractivity contribution in [2.45, 2.75) is 44.7 Å². The first kappa shape index (κ1) is 23.9. The Morgan fingerprint density at radius 2 is 1.97 bits per heavy atom. The molecule has 0 fully saturated rings. The van der Waals surface area contributed by atoms with E-state index in [1.54, 1.807) is 32.0 Å². The zero-order valence-electron chi connectivity index (χ0n) is 19.1. The lowest BCUT2D eigenvalue weighted by molar-refractivity contribution is -0.135. The van der Waals surface area contributed by atoms with Gasteiger partial charge < -0.3 is 10.3 Å². The molecule has 1 amide bonds. The summed E-state index contributed by atoms with van der Waals surface area (Å²) < 4.78 is 39.3. The number of hydrogen-bond donors (Lipinski definition) is 2. The van der Waals surface area contributed by atoms with Crippen LogP contribution in [0.5, 0.6) is 0 Å². The van der Waals surface area contributed by atoms with Crippen molar-refractivity contribution in [3.63, 3.8) is 0 Å². The van der Waals surface area contributed by atoms with Crippen molar-refractivity contribution >= 4 is 29.0 Å². The van der Waals surface area contributed by atoms with E-state index in [1.807, 2.05) is 0 Å². The molecule has 0 spiro atoms. The molecular weight excluding hydrogens is 499 g/mol. The Labute approximate surface area is 206 Å². The van der Waals surface area contributed by atoms with Crippen LogP contribution in [0.25, 0.3) is 17.2 Å². The van der Waals surface area contributed by atoms with E-state index in [2.05, 4.69) is 30.4 Å². The van der Waals surface area contributed by atoms with E-state index >= 15 is 0 Å². The summed E-state index contributed by atoms with van der Waals surface area (Å²) in [4.78, 5) is 41.9. The number of H-pyrrole nitrogens is 1. The maximum Gasteiger partial charge on any atom is 0.389 e. The highest BCUT2D eigenvalue weighted by atomic mass is 35.5. The summed E-state index contributed by atoms with van der Waals surface area (Å²) in [6, 6.07) is 5.10. The number of nitrogens with zero attached hydrogens (tertiary/aromatic N) is 5. The second-order valence-electron chi connectivity index (χ2n) is 8.75. The fraction of sp³-hybridized carbons (Fsp3) is 0.304. The summed E-state index contributed by atoms with van der Waals surface area (Å²) in [7, 11) is 0. The van der Waals surface area contributed by atoms with Gasteiger partial charge in [-0.15, -0.1) is 0 Å². The minimum Gasteiger partial charge on any atom is -0.309 e. The maximum absolute atomic E-state index is 13.3. The number of carbonyl (C=O) groups excluding carboxylic acids is 1. The molecule has 0 saturated carbocycles. The van der Waals surface area contributed by atoms with Gasteiger partial charge in [-0.2, -0.15) is 18.3 Å². The van der Waals surface area contributed by atoms with Gasteiger partial charge in [0.1, 0.15) is 23.3 Å². The van der Waals surface area contributed by atoms with Gasteiger partial charge in [-0.1, -0.05) is 23.7 Å². The molecule has 2 N–H and O–H groups in total. The van der Waals surface area contributed by atoms with Crippen molar-refractivity contribution < 1.29 is 18.0 Å². The fourth-order valence-corrected chi connectivity index (χ4v) is 4.47. The van der Waals surface area contributed by atoms with Crippen LogP contribution in [0.15, 0.2) is 35.5 Å².